The van der Waals surface area contributed by atoms with Gasteiger partial charge in [0.05, 0.1) is 28.2 Å². The molecule has 0 saturated carbocycles. The Hall–Kier alpha value is -4.35. The van der Waals surface area contributed by atoms with Crippen LogP contribution in [0.4, 0.5) is 0 Å². The zero-order chi connectivity index (χ0) is 22.3. The molecule has 0 aliphatic rings. The van der Waals surface area contributed by atoms with E-state index in [0.717, 1.165) is 11.1 Å². The summed E-state index contributed by atoms with van der Waals surface area (Å²) in [7, 11) is 0. The molecule has 0 radical (unpaired) electrons. The molecule has 7 aromatic rings. The van der Waals surface area contributed by atoms with Crippen molar-refractivity contribution in [3.8, 4) is 17.2 Å². The topological polar surface area (TPSA) is 28.2 Å². The molecular formula is C31H20N2. The molecule has 33 heavy (non-hydrogen) atoms. The van der Waals surface area contributed by atoms with Crippen LogP contribution in [0, 0.1) is 25.2 Å². The molecule has 5 aromatic carbocycles. The minimum Gasteiger partial charge on any atom is -0.308 e. The van der Waals surface area contributed by atoms with Gasteiger partial charge < -0.3 is 4.40 Å². The van der Waals surface area contributed by atoms with E-state index < -0.39 is 0 Å². The summed E-state index contributed by atoms with van der Waals surface area (Å²) in [4.78, 5) is 0. The van der Waals surface area contributed by atoms with Crippen LogP contribution in [0.3, 0.4) is 0 Å². The quantitative estimate of drug-likeness (QED) is 0.263. The predicted octanol–water partition coefficient (Wildman–Crippen LogP) is 8.15. The number of nitriles is 1. The van der Waals surface area contributed by atoms with Crippen molar-refractivity contribution in [2.75, 3.05) is 0 Å². The third-order valence-electron chi connectivity index (χ3n) is 7.15. The maximum atomic E-state index is 9.51. The van der Waals surface area contributed by atoms with Gasteiger partial charge in [0, 0.05) is 27.1 Å². The van der Waals surface area contributed by atoms with E-state index in [1.54, 1.807) is 0 Å². The number of aromatic nitrogens is 1. The van der Waals surface area contributed by atoms with Gasteiger partial charge >= 0.3 is 0 Å². The molecule has 2 heterocycles. The summed E-state index contributed by atoms with van der Waals surface area (Å²) in [6.07, 6.45) is 0. The first kappa shape index (κ1) is 18.2. The second kappa shape index (κ2) is 6.34. The summed E-state index contributed by atoms with van der Waals surface area (Å²) in [5.74, 6) is 0. The lowest BCUT2D eigenvalue weighted by Crippen LogP contribution is -1.93. The van der Waals surface area contributed by atoms with Gasteiger partial charge in [0.2, 0.25) is 0 Å². The van der Waals surface area contributed by atoms with E-state index in [9.17, 15) is 5.26 Å². The minimum atomic E-state index is 0.713. The van der Waals surface area contributed by atoms with Crippen molar-refractivity contribution in [1.29, 1.82) is 5.26 Å². The van der Waals surface area contributed by atoms with Gasteiger partial charge in [0.25, 0.3) is 0 Å². The average molecular weight is 421 g/mol. The predicted molar refractivity (Wildman–Crippen MR) is 138 cm³/mol. The van der Waals surface area contributed by atoms with Crippen molar-refractivity contribution < 1.29 is 0 Å². The van der Waals surface area contributed by atoms with Gasteiger partial charge in [-0.25, -0.2) is 0 Å². The van der Waals surface area contributed by atoms with Crippen molar-refractivity contribution in [2.45, 2.75) is 13.8 Å². The van der Waals surface area contributed by atoms with E-state index in [2.05, 4.69) is 97.1 Å². The van der Waals surface area contributed by atoms with Gasteiger partial charge in [-0.05, 0) is 65.6 Å². The molecule has 2 aromatic heterocycles. The molecule has 0 bridgehead atoms. The summed E-state index contributed by atoms with van der Waals surface area (Å²) < 4.78 is 2.44. The fourth-order valence-corrected chi connectivity index (χ4v) is 5.93. The number of nitrogens with zero attached hydrogens (tertiary/aromatic N) is 2. The van der Waals surface area contributed by atoms with E-state index in [4.69, 9.17) is 0 Å². The Morgan fingerprint density at radius 2 is 1.30 bits per heavy atom. The highest BCUT2D eigenvalue weighted by molar-refractivity contribution is 6.29. The Kier molecular flexibility index (Phi) is 3.51. The monoisotopic (exact) mass is 420 g/mol. The Morgan fingerprint density at radius 3 is 2.09 bits per heavy atom. The Balaban J connectivity index is 1.81. The number of para-hydroxylation sites is 2. The second-order valence-corrected chi connectivity index (χ2v) is 9.02. The fraction of sp³-hybridized carbons (Fsp3) is 0.0645. The Labute approximate surface area is 191 Å². The van der Waals surface area contributed by atoms with E-state index >= 15 is 0 Å². The molecule has 0 aliphatic heterocycles. The van der Waals surface area contributed by atoms with Gasteiger partial charge in [-0.1, -0.05) is 60.7 Å². The zero-order valence-corrected chi connectivity index (χ0v) is 18.5. The maximum Gasteiger partial charge on any atom is 0.0991 e. The van der Waals surface area contributed by atoms with Crippen LogP contribution in [0.5, 0.6) is 0 Å². The smallest absolute Gasteiger partial charge is 0.0991 e. The van der Waals surface area contributed by atoms with Gasteiger partial charge in [-0.15, -0.1) is 0 Å². The van der Waals surface area contributed by atoms with Crippen LogP contribution in [0.1, 0.15) is 16.7 Å². The first-order chi connectivity index (χ1) is 16.2. The van der Waals surface area contributed by atoms with Gasteiger partial charge in [0.1, 0.15) is 0 Å². The number of benzene rings is 5. The molecule has 0 spiro atoms. The molecule has 2 heteroatoms. The van der Waals surface area contributed by atoms with Crippen molar-refractivity contribution in [3.05, 3.63) is 102 Å². The van der Waals surface area contributed by atoms with Gasteiger partial charge in [0.15, 0.2) is 0 Å². The van der Waals surface area contributed by atoms with Crippen molar-refractivity contribution in [1.82, 2.24) is 4.40 Å². The zero-order valence-electron chi connectivity index (χ0n) is 18.5. The van der Waals surface area contributed by atoms with E-state index in [1.165, 1.54) is 60.0 Å². The van der Waals surface area contributed by atoms with Crippen molar-refractivity contribution in [3.63, 3.8) is 0 Å². The lowest BCUT2D eigenvalue weighted by molar-refractivity contribution is 1.35. The standard InChI is InChI=1S/C31H20N2/c1-18-14-20(17-32)15-19(2)28(18)30-22-9-4-3-8-21(22)16-27-29(30)25-12-7-11-24-23-10-5-6-13-26(23)33(27)31(24)25/h3-16H,1-2H3. The average Bonchev–Trinajstić information content (AvgIpc) is 3.35. The van der Waals surface area contributed by atoms with E-state index in [-0.39, 0.29) is 0 Å². The molecule has 0 atom stereocenters. The number of aryl methyl sites for hydroxylation is 2. The van der Waals surface area contributed by atoms with Crippen LogP contribution >= 0.6 is 0 Å². The van der Waals surface area contributed by atoms with Crippen LogP contribution in [0.15, 0.2) is 84.9 Å². The summed E-state index contributed by atoms with van der Waals surface area (Å²) in [5, 5.41) is 17.1. The first-order valence-electron chi connectivity index (χ1n) is 11.3. The molecule has 7 rings (SSSR count). The van der Waals surface area contributed by atoms with Crippen molar-refractivity contribution >= 4 is 48.9 Å². The maximum absolute atomic E-state index is 9.51. The number of hydrogen-bond acceptors (Lipinski definition) is 1. The lowest BCUT2D eigenvalue weighted by atomic mass is 9.87. The lowest BCUT2D eigenvalue weighted by Gasteiger charge is -2.16. The van der Waals surface area contributed by atoms with Gasteiger partial charge in [-0.2, -0.15) is 5.26 Å². The third kappa shape index (κ3) is 2.26. The van der Waals surface area contributed by atoms with Gasteiger partial charge in [-0.3, -0.25) is 0 Å². The Bertz CT molecular complexity index is 1920. The molecule has 0 unspecified atom stereocenters. The number of fused-ring (bicyclic) bond motifs is 7. The minimum absolute atomic E-state index is 0.713. The highest BCUT2D eigenvalue weighted by Crippen LogP contribution is 2.46. The largest absolute Gasteiger partial charge is 0.308 e. The molecule has 0 saturated heterocycles. The number of hydrogen-bond donors (Lipinski definition) is 0. The molecule has 0 aliphatic carbocycles. The summed E-state index contributed by atoms with van der Waals surface area (Å²) in [5.41, 5.74) is 9.25. The molecular weight excluding hydrogens is 400 g/mol. The molecule has 154 valence electrons. The highest BCUT2D eigenvalue weighted by Gasteiger charge is 2.22. The summed E-state index contributed by atoms with van der Waals surface area (Å²) in [6.45, 7) is 4.26. The summed E-state index contributed by atoms with van der Waals surface area (Å²) >= 11 is 0. The first-order valence-corrected chi connectivity index (χ1v) is 11.3. The normalized spacial score (nSPS) is 11.9. The third-order valence-corrected chi connectivity index (χ3v) is 7.15. The highest BCUT2D eigenvalue weighted by atomic mass is 14.9. The summed E-state index contributed by atoms with van der Waals surface area (Å²) in [6, 6.07) is 32.7. The van der Waals surface area contributed by atoms with Crippen LogP contribution in [0.2, 0.25) is 0 Å². The Morgan fingerprint density at radius 1 is 0.636 bits per heavy atom. The molecule has 0 N–H and O–H groups in total. The molecule has 2 nitrogen and oxygen atoms in total. The van der Waals surface area contributed by atoms with E-state index in [0.29, 0.717) is 5.56 Å². The van der Waals surface area contributed by atoms with Crippen molar-refractivity contribution in [2.24, 2.45) is 0 Å². The second-order valence-electron chi connectivity index (χ2n) is 9.02. The van der Waals surface area contributed by atoms with E-state index in [1.807, 2.05) is 12.1 Å². The van der Waals surface area contributed by atoms with Crippen LogP contribution < -0.4 is 0 Å². The van der Waals surface area contributed by atoms with Crippen LogP contribution in [-0.4, -0.2) is 4.40 Å². The SMILES string of the molecule is Cc1cc(C#N)cc(C)c1-c1c2ccccc2cc2c1c1cccc3c4ccccc4n2c31. The van der Waals surface area contributed by atoms with Crippen LogP contribution in [-0.2, 0) is 0 Å². The molecule has 0 fully saturated rings. The van der Waals surface area contributed by atoms with Crippen LogP contribution in [0.25, 0.3) is 60.0 Å². The number of rotatable bonds is 1. The fourth-order valence-electron chi connectivity index (χ4n) is 5.93. The molecule has 0 amide bonds.